The van der Waals surface area contributed by atoms with E-state index in [1.807, 2.05) is 0 Å². The van der Waals surface area contributed by atoms with Crippen LogP contribution in [0.3, 0.4) is 0 Å². The summed E-state index contributed by atoms with van der Waals surface area (Å²) in [7, 11) is -3.46. The predicted molar refractivity (Wildman–Crippen MR) is 78.3 cm³/mol. The SMILES string of the molecule is CCCC(CCO)CN=C1NS(=O)(=O)c2ccccc21. The van der Waals surface area contributed by atoms with Crippen LogP contribution in [0.2, 0.25) is 0 Å². The third-order valence-corrected chi connectivity index (χ3v) is 4.80. The highest BCUT2D eigenvalue weighted by Crippen LogP contribution is 2.22. The lowest BCUT2D eigenvalue weighted by Gasteiger charge is -2.12. The van der Waals surface area contributed by atoms with Gasteiger partial charge in [0.25, 0.3) is 10.0 Å². The van der Waals surface area contributed by atoms with Crippen LogP contribution in [0.15, 0.2) is 34.2 Å². The zero-order chi connectivity index (χ0) is 14.6. The minimum absolute atomic E-state index is 0.137. The van der Waals surface area contributed by atoms with Crippen molar-refractivity contribution in [1.29, 1.82) is 0 Å². The number of nitrogens with one attached hydrogen (secondary N) is 1. The maximum absolute atomic E-state index is 11.9. The summed E-state index contributed by atoms with van der Waals surface area (Å²) in [4.78, 5) is 4.70. The van der Waals surface area contributed by atoms with Crippen molar-refractivity contribution in [2.45, 2.75) is 31.1 Å². The molecular weight excluding hydrogens is 276 g/mol. The first-order chi connectivity index (χ1) is 9.58. The van der Waals surface area contributed by atoms with Gasteiger partial charge in [-0.15, -0.1) is 0 Å². The second-order valence-electron chi connectivity index (χ2n) is 4.96. The van der Waals surface area contributed by atoms with Crippen molar-refractivity contribution in [3.05, 3.63) is 29.8 Å². The molecule has 6 heteroatoms. The van der Waals surface area contributed by atoms with E-state index in [0.29, 0.717) is 24.4 Å². The molecule has 0 saturated carbocycles. The van der Waals surface area contributed by atoms with E-state index in [-0.39, 0.29) is 17.4 Å². The Morgan fingerprint density at radius 2 is 2.05 bits per heavy atom. The van der Waals surface area contributed by atoms with Gasteiger partial charge < -0.3 is 5.11 Å². The van der Waals surface area contributed by atoms with Crippen LogP contribution in [0.1, 0.15) is 31.7 Å². The molecule has 20 heavy (non-hydrogen) atoms. The van der Waals surface area contributed by atoms with Gasteiger partial charge in [0, 0.05) is 18.7 Å². The normalized spacial score (nSPS) is 19.6. The number of hydrogen-bond donors (Lipinski definition) is 2. The molecule has 0 aromatic heterocycles. The van der Waals surface area contributed by atoms with Gasteiger partial charge in [0.05, 0.1) is 4.90 Å². The van der Waals surface area contributed by atoms with Gasteiger partial charge in [0.2, 0.25) is 0 Å². The highest BCUT2D eigenvalue weighted by Gasteiger charge is 2.30. The number of amidine groups is 1. The van der Waals surface area contributed by atoms with E-state index in [2.05, 4.69) is 16.6 Å². The van der Waals surface area contributed by atoms with Crippen LogP contribution < -0.4 is 4.72 Å². The summed E-state index contributed by atoms with van der Waals surface area (Å²) in [5.41, 5.74) is 0.631. The largest absolute Gasteiger partial charge is 0.396 e. The minimum atomic E-state index is -3.46. The molecule has 110 valence electrons. The molecule has 1 aliphatic heterocycles. The van der Waals surface area contributed by atoms with Crippen LogP contribution in [0.4, 0.5) is 0 Å². The molecule has 0 fully saturated rings. The zero-order valence-electron chi connectivity index (χ0n) is 11.5. The first-order valence-electron chi connectivity index (χ1n) is 6.86. The first kappa shape index (κ1) is 15.0. The highest BCUT2D eigenvalue weighted by molar-refractivity contribution is 7.90. The van der Waals surface area contributed by atoms with Crippen molar-refractivity contribution < 1.29 is 13.5 Å². The van der Waals surface area contributed by atoms with E-state index < -0.39 is 10.0 Å². The summed E-state index contributed by atoms with van der Waals surface area (Å²) >= 11 is 0. The van der Waals surface area contributed by atoms with Crippen LogP contribution >= 0.6 is 0 Å². The third-order valence-electron chi connectivity index (χ3n) is 3.40. The van der Waals surface area contributed by atoms with Crippen LogP contribution in [0.5, 0.6) is 0 Å². The summed E-state index contributed by atoms with van der Waals surface area (Å²) in [6.07, 6.45) is 2.70. The molecular formula is C14H20N2O3S. The molecule has 1 aliphatic rings. The molecule has 2 rings (SSSR count). The summed E-state index contributed by atoms with van der Waals surface area (Å²) in [6, 6.07) is 6.84. The molecule has 1 atom stereocenters. The molecule has 2 N–H and O–H groups in total. The minimum Gasteiger partial charge on any atom is -0.396 e. The number of sulfonamides is 1. The molecule has 1 aromatic carbocycles. The lowest BCUT2D eigenvalue weighted by atomic mass is 10.0. The number of aliphatic hydroxyl groups is 1. The Morgan fingerprint density at radius 3 is 2.75 bits per heavy atom. The number of aliphatic imine (C=N–C) groups is 1. The van der Waals surface area contributed by atoms with Crippen molar-refractivity contribution in [2.24, 2.45) is 10.9 Å². The molecule has 0 bridgehead atoms. The molecule has 0 amide bonds. The van der Waals surface area contributed by atoms with Crippen LogP contribution in [0.25, 0.3) is 0 Å². The Hall–Kier alpha value is -1.40. The fraction of sp³-hybridized carbons (Fsp3) is 0.500. The maximum Gasteiger partial charge on any atom is 0.263 e. The number of fused-ring (bicyclic) bond motifs is 1. The van der Waals surface area contributed by atoms with E-state index in [9.17, 15) is 8.42 Å². The lowest BCUT2D eigenvalue weighted by Crippen LogP contribution is -2.23. The Bertz CT molecular complexity index is 590. The summed E-state index contributed by atoms with van der Waals surface area (Å²) in [5.74, 6) is 0.703. The van der Waals surface area contributed by atoms with Crippen molar-refractivity contribution in [3.8, 4) is 0 Å². The van der Waals surface area contributed by atoms with Gasteiger partial charge in [-0.1, -0.05) is 25.5 Å². The van der Waals surface area contributed by atoms with Crippen molar-refractivity contribution in [2.75, 3.05) is 13.2 Å². The summed E-state index contributed by atoms with van der Waals surface area (Å²) in [5, 5.41) is 9.04. The topological polar surface area (TPSA) is 78.8 Å². The Kier molecular flexibility index (Phi) is 4.77. The molecule has 0 saturated heterocycles. The number of aliphatic hydroxyl groups excluding tert-OH is 1. The number of hydrogen-bond acceptors (Lipinski definition) is 4. The fourth-order valence-corrected chi connectivity index (χ4v) is 3.64. The molecule has 0 radical (unpaired) electrons. The maximum atomic E-state index is 11.9. The molecule has 1 aromatic rings. The second-order valence-corrected chi connectivity index (χ2v) is 6.61. The predicted octanol–water partition coefficient (Wildman–Crippen LogP) is 1.52. The van der Waals surface area contributed by atoms with Crippen LogP contribution in [0, 0.1) is 5.92 Å². The summed E-state index contributed by atoms with van der Waals surface area (Å²) in [6.45, 7) is 2.75. The second kappa shape index (κ2) is 6.37. The molecule has 1 unspecified atom stereocenters. The van der Waals surface area contributed by atoms with Gasteiger partial charge in [0.1, 0.15) is 5.84 Å². The average Bonchev–Trinajstić information content (AvgIpc) is 2.69. The molecule has 5 nitrogen and oxygen atoms in total. The Labute approximate surface area is 119 Å². The van der Waals surface area contributed by atoms with Gasteiger partial charge in [-0.3, -0.25) is 9.71 Å². The highest BCUT2D eigenvalue weighted by atomic mass is 32.2. The molecule has 0 aliphatic carbocycles. The average molecular weight is 296 g/mol. The van der Waals surface area contributed by atoms with Gasteiger partial charge in [0.15, 0.2) is 0 Å². The lowest BCUT2D eigenvalue weighted by molar-refractivity contribution is 0.253. The van der Waals surface area contributed by atoms with Crippen molar-refractivity contribution >= 4 is 15.9 Å². The van der Waals surface area contributed by atoms with Crippen LogP contribution in [-0.4, -0.2) is 32.5 Å². The monoisotopic (exact) mass is 296 g/mol. The van der Waals surface area contributed by atoms with E-state index >= 15 is 0 Å². The first-order valence-corrected chi connectivity index (χ1v) is 8.34. The smallest absolute Gasteiger partial charge is 0.263 e. The molecule has 1 heterocycles. The standard InChI is InChI=1S/C14H20N2O3S/c1-2-5-11(8-9-17)10-15-14-12-6-3-4-7-13(12)20(18,19)16-14/h3-4,6-7,11,17H,2,5,8-10H2,1H3,(H,15,16). The van der Waals surface area contributed by atoms with E-state index in [1.54, 1.807) is 24.3 Å². The zero-order valence-corrected chi connectivity index (χ0v) is 12.4. The van der Waals surface area contributed by atoms with E-state index in [1.165, 1.54) is 0 Å². The van der Waals surface area contributed by atoms with Gasteiger partial charge in [-0.05, 0) is 30.9 Å². The number of nitrogens with zero attached hydrogens (tertiary/aromatic N) is 1. The Morgan fingerprint density at radius 1 is 1.30 bits per heavy atom. The van der Waals surface area contributed by atoms with E-state index in [4.69, 9.17) is 5.11 Å². The van der Waals surface area contributed by atoms with Gasteiger partial charge >= 0.3 is 0 Å². The van der Waals surface area contributed by atoms with Crippen molar-refractivity contribution in [3.63, 3.8) is 0 Å². The summed E-state index contributed by atoms with van der Waals surface area (Å²) < 4.78 is 26.4. The van der Waals surface area contributed by atoms with Gasteiger partial charge in [-0.2, -0.15) is 0 Å². The van der Waals surface area contributed by atoms with Crippen molar-refractivity contribution in [1.82, 2.24) is 4.72 Å². The quantitative estimate of drug-likeness (QED) is 0.835. The van der Waals surface area contributed by atoms with E-state index in [0.717, 1.165) is 12.8 Å². The molecule has 0 spiro atoms. The fourth-order valence-electron chi connectivity index (χ4n) is 2.39. The van der Waals surface area contributed by atoms with Crippen LogP contribution in [-0.2, 0) is 10.0 Å². The van der Waals surface area contributed by atoms with Gasteiger partial charge in [-0.25, -0.2) is 8.42 Å². The third kappa shape index (κ3) is 3.19. The Balaban J connectivity index is 2.20. The number of rotatable bonds is 6. The number of benzene rings is 1.